The number of hydrogen-bond acceptors (Lipinski definition) is 3. The van der Waals surface area contributed by atoms with Crippen molar-refractivity contribution in [3.05, 3.63) is 58.1 Å². The zero-order chi connectivity index (χ0) is 15.2. The molecule has 0 heterocycles. The Morgan fingerprint density at radius 3 is 2.33 bits per heavy atom. The maximum atomic E-state index is 11.9. The van der Waals surface area contributed by atoms with E-state index in [0.717, 1.165) is 0 Å². The smallest absolute Gasteiger partial charge is 0.251 e. The number of carbonyl (C=O) groups is 1. The second-order valence-electron chi connectivity index (χ2n) is 4.33. The van der Waals surface area contributed by atoms with Crippen molar-refractivity contribution in [2.24, 2.45) is 0 Å². The molecule has 0 fully saturated rings. The molecule has 1 amide bonds. The lowest BCUT2D eigenvalue weighted by Gasteiger charge is -2.08. The Morgan fingerprint density at radius 2 is 1.71 bits per heavy atom. The number of benzene rings is 2. The number of anilines is 1. The molecule has 6 heteroatoms. The van der Waals surface area contributed by atoms with E-state index in [1.165, 1.54) is 0 Å². The fraction of sp³-hybridized carbons (Fsp3) is 0.133. The van der Waals surface area contributed by atoms with Gasteiger partial charge in [0.05, 0.1) is 6.54 Å². The third-order valence-corrected chi connectivity index (χ3v) is 3.10. The van der Waals surface area contributed by atoms with Crippen molar-refractivity contribution < 1.29 is 9.53 Å². The molecule has 0 bridgehead atoms. The number of hydrogen-bond donors (Lipinski definition) is 2. The highest BCUT2D eigenvalue weighted by Crippen LogP contribution is 2.19. The predicted octanol–water partition coefficient (Wildman–Crippen LogP) is 3.38. The third kappa shape index (κ3) is 4.85. The van der Waals surface area contributed by atoms with Gasteiger partial charge in [0, 0.05) is 21.3 Å². The van der Waals surface area contributed by atoms with Crippen molar-refractivity contribution in [2.75, 3.05) is 18.9 Å². The van der Waals surface area contributed by atoms with E-state index in [2.05, 4.69) is 5.32 Å². The molecule has 0 aliphatic rings. The van der Waals surface area contributed by atoms with E-state index in [9.17, 15) is 4.79 Å². The molecule has 0 saturated carbocycles. The average molecular weight is 325 g/mol. The molecular formula is C15H14Cl2N2O2. The molecule has 110 valence electrons. The first-order chi connectivity index (χ1) is 10.0. The molecular weight excluding hydrogens is 311 g/mol. The van der Waals surface area contributed by atoms with E-state index in [4.69, 9.17) is 33.7 Å². The minimum absolute atomic E-state index is 0.250. The van der Waals surface area contributed by atoms with Gasteiger partial charge in [-0.1, -0.05) is 23.2 Å². The Balaban J connectivity index is 1.80. The van der Waals surface area contributed by atoms with Crippen molar-refractivity contribution in [1.29, 1.82) is 0 Å². The normalized spacial score (nSPS) is 10.2. The summed E-state index contributed by atoms with van der Waals surface area (Å²) in [6.07, 6.45) is 0. The maximum Gasteiger partial charge on any atom is 0.251 e. The number of halogens is 2. The number of ether oxygens (including phenoxy) is 1. The Bertz CT molecular complexity index is 610. The van der Waals surface area contributed by atoms with Gasteiger partial charge in [-0.15, -0.1) is 0 Å². The summed E-state index contributed by atoms with van der Waals surface area (Å²) in [7, 11) is 0. The first kappa shape index (κ1) is 15.5. The van der Waals surface area contributed by atoms with Gasteiger partial charge >= 0.3 is 0 Å². The second kappa shape index (κ2) is 7.20. The van der Waals surface area contributed by atoms with Crippen LogP contribution in [0.3, 0.4) is 0 Å². The van der Waals surface area contributed by atoms with Gasteiger partial charge < -0.3 is 15.8 Å². The first-order valence-electron chi connectivity index (χ1n) is 6.27. The third-order valence-electron chi connectivity index (χ3n) is 2.66. The molecule has 0 atom stereocenters. The van der Waals surface area contributed by atoms with Crippen molar-refractivity contribution >= 4 is 34.8 Å². The van der Waals surface area contributed by atoms with E-state index < -0.39 is 0 Å². The molecule has 0 radical (unpaired) electrons. The number of nitrogens with one attached hydrogen (secondary N) is 1. The van der Waals surface area contributed by atoms with E-state index in [1.54, 1.807) is 42.5 Å². The SMILES string of the molecule is Nc1ccc(OCCNC(=O)c2cc(Cl)cc(Cl)c2)cc1. The number of rotatable bonds is 5. The van der Waals surface area contributed by atoms with E-state index in [1.807, 2.05) is 0 Å². The van der Waals surface area contributed by atoms with Gasteiger partial charge in [0.15, 0.2) is 0 Å². The number of amides is 1. The highest BCUT2D eigenvalue weighted by molar-refractivity contribution is 6.35. The minimum atomic E-state index is -0.250. The fourth-order valence-corrected chi connectivity index (χ4v) is 2.21. The molecule has 0 aromatic heterocycles. The highest BCUT2D eigenvalue weighted by atomic mass is 35.5. The molecule has 2 aromatic rings. The Hall–Kier alpha value is -1.91. The monoisotopic (exact) mass is 324 g/mol. The van der Waals surface area contributed by atoms with Crippen molar-refractivity contribution in [3.63, 3.8) is 0 Å². The van der Waals surface area contributed by atoms with Gasteiger partial charge in [-0.05, 0) is 42.5 Å². The molecule has 2 rings (SSSR count). The van der Waals surface area contributed by atoms with Gasteiger partial charge in [0.25, 0.3) is 5.91 Å². The summed E-state index contributed by atoms with van der Waals surface area (Å²) in [5.41, 5.74) is 6.67. The molecule has 0 aliphatic carbocycles. The summed E-state index contributed by atoms with van der Waals surface area (Å²) in [5, 5.41) is 3.57. The van der Waals surface area contributed by atoms with Crippen molar-refractivity contribution in [1.82, 2.24) is 5.32 Å². The van der Waals surface area contributed by atoms with Gasteiger partial charge in [0.1, 0.15) is 12.4 Å². The van der Waals surface area contributed by atoms with Gasteiger partial charge in [-0.3, -0.25) is 4.79 Å². The lowest BCUT2D eigenvalue weighted by Crippen LogP contribution is -2.28. The van der Waals surface area contributed by atoms with Crippen LogP contribution in [0.25, 0.3) is 0 Å². The van der Waals surface area contributed by atoms with Crippen LogP contribution in [-0.4, -0.2) is 19.1 Å². The van der Waals surface area contributed by atoms with Crippen LogP contribution in [-0.2, 0) is 0 Å². The van der Waals surface area contributed by atoms with Crippen LogP contribution >= 0.6 is 23.2 Å². The lowest BCUT2D eigenvalue weighted by atomic mass is 10.2. The van der Waals surface area contributed by atoms with Gasteiger partial charge in [-0.2, -0.15) is 0 Å². The molecule has 3 N–H and O–H groups in total. The minimum Gasteiger partial charge on any atom is -0.492 e. The summed E-state index contributed by atoms with van der Waals surface area (Å²) >= 11 is 11.7. The summed E-state index contributed by atoms with van der Waals surface area (Å²) in [4.78, 5) is 11.9. The zero-order valence-corrected chi connectivity index (χ0v) is 12.6. The standard InChI is InChI=1S/C15H14Cl2N2O2/c16-11-7-10(8-12(17)9-11)15(20)19-5-6-21-14-3-1-13(18)2-4-14/h1-4,7-9H,5-6,18H2,(H,19,20). The Morgan fingerprint density at radius 1 is 1.10 bits per heavy atom. The predicted molar refractivity (Wildman–Crippen MR) is 85.1 cm³/mol. The van der Waals surface area contributed by atoms with Crippen LogP contribution in [0.2, 0.25) is 10.0 Å². The second-order valence-corrected chi connectivity index (χ2v) is 5.20. The highest BCUT2D eigenvalue weighted by Gasteiger charge is 2.07. The van der Waals surface area contributed by atoms with Crippen LogP contribution < -0.4 is 15.8 Å². The fourth-order valence-electron chi connectivity index (χ4n) is 1.68. The number of nitrogens with two attached hydrogens (primary N) is 1. The molecule has 21 heavy (non-hydrogen) atoms. The van der Waals surface area contributed by atoms with E-state index >= 15 is 0 Å². The molecule has 2 aromatic carbocycles. The van der Waals surface area contributed by atoms with Crippen molar-refractivity contribution in [3.8, 4) is 5.75 Å². The average Bonchev–Trinajstić information content (AvgIpc) is 2.44. The van der Waals surface area contributed by atoms with Crippen LogP contribution in [0.5, 0.6) is 5.75 Å². The molecule has 0 unspecified atom stereocenters. The molecule has 4 nitrogen and oxygen atoms in total. The lowest BCUT2D eigenvalue weighted by molar-refractivity contribution is 0.0947. The van der Waals surface area contributed by atoms with Crippen molar-refractivity contribution in [2.45, 2.75) is 0 Å². The molecule has 0 spiro atoms. The maximum absolute atomic E-state index is 11.9. The summed E-state index contributed by atoms with van der Waals surface area (Å²) in [6, 6.07) is 11.7. The van der Waals surface area contributed by atoms with Gasteiger partial charge in [0.2, 0.25) is 0 Å². The summed E-state index contributed by atoms with van der Waals surface area (Å²) < 4.78 is 5.47. The molecule has 0 saturated heterocycles. The van der Waals surface area contributed by atoms with Crippen LogP contribution in [0.1, 0.15) is 10.4 Å². The van der Waals surface area contributed by atoms with Crippen LogP contribution in [0.15, 0.2) is 42.5 Å². The van der Waals surface area contributed by atoms with Crippen LogP contribution in [0.4, 0.5) is 5.69 Å². The van der Waals surface area contributed by atoms with Gasteiger partial charge in [-0.25, -0.2) is 0 Å². The Kier molecular flexibility index (Phi) is 5.31. The van der Waals surface area contributed by atoms with E-state index in [-0.39, 0.29) is 5.91 Å². The topological polar surface area (TPSA) is 64.3 Å². The number of nitrogen functional groups attached to an aromatic ring is 1. The summed E-state index contributed by atoms with van der Waals surface area (Å²) in [5.74, 6) is 0.449. The number of carbonyl (C=O) groups excluding carboxylic acids is 1. The zero-order valence-electron chi connectivity index (χ0n) is 11.1. The van der Waals surface area contributed by atoms with E-state index in [0.29, 0.717) is 40.2 Å². The molecule has 0 aliphatic heterocycles. The van der Waals surface area contributed by atoms with Crippen LogP contribution in [0, 0.1) is 0 Å². The summed E-state index contributed by atoms with van der Waals surface area (Å²) in [6.45, 7) is 0.720. The largest absolute Gasteiger partial charge is 0.492 e. The first-order valence-corrected chi connectivity index (χ1v) is 7.03. The Labute approximate surface area is 132 Å². The quantitative estimate of drug-likeness (QED) is 0.654.